The Morgan fingerprint density at radius 3 is 2.26 bits per heavy atom. The smallest absolute Gasteiger partial charge is 0.332 e. The van der Waals surface area contributed by atoms with Crippen LogP contribution in [0.4, 0.5) is 0 Å². The number of amides is 1. The van der Waals surface area contributed by atoms with Crippen molar-refractivity contribution in [3.8, 4) is 0 Å². The molecule has 0 radical (unpaired) electrons. The van der Waals surface area contributed by atoms with Crippen LogP contribution in [-0.4, -0.2) is 48.8 Å². The lowest BCUT2D eigenvalue weighted by atomic mass is 9.89. The lowest BCUT2D eigenvalue weighted by Crippen LogP contribution is -2.38. The topological polar surface area (TPSA) is 90.1 Å². The number of aryl methyl sites for hydroxylation is 1. The van der Waals surface area contributed by atoms with Gasteiger partial charge in [-0.15, -0.1) is 0 Å². The van der Waals surface area contributed by atoms with E-state index in [9.17, 15) is 14.4 Å². The summed E-state index contributed by atoms with van der Waals surface area (Å²) < 4.78 is 2.51. The summed E-state index contributed by atoms with van der Waals surface area (Å²) in [6.07, 6.45) is 9.94. The van der Waals surface area contributed by atoms with E-state index >= 15 is 0 Å². The van der Waals surface area contributed by atoms with E-state index in [1.807, 2.05) is 4.90 Å². The van der Waals surface area contributed by atoms with Gasteiger partial charge in [0.05, 0.1) is 5.75 Å². The first kappa shape index (κ1) is 22.0. The summed E-state index contributed by atoms with van der Waals surface area (Å²) in [5, 5.41) is 0.850. The van der Waals surface area contributed by atoms with E-state index in [1.165, 1.54) is 42.6 Å². The van der Waals surface area contributed by atoms with Crippen LogP contribution in [0.15, 0.2) is 14.6 Å². The number of hydrogen-bond acceptors (Lipinski definition) is 6. The first-order valence-electron chi connectivity index (χ1n) is 11.4. The molecule has 168 valence electrons. The molecule has 1 amide bonds. The molecule has 8 nitrogen and oxygen atoms in total. The molecule has 0 atom stereocenters. The molecule has 1 saturated carbocycles. The van der Waals surface area contributed by atoms with E-state index < -0.39 is 11.2 Å². The third kappa shape index (κ3) is 4.56. The summed E-state index contributed by atoms with van der Waals surface area (Å²) in [7, 11) is 3.11. The van der Waals surface area contributed by atoms with Gasteiger partial charge >= 0.3 is 5.69 Å². The number of likely N-dealkylation sites (tertiary alicyclic amines) is 1. The van der Waals surface area contributed by atoms with E-state index in [0.717, 1.165) is 56.2 Å². The zero-order valence-electron chi connectivity index (χ0n) is 18.4. The Morgan fingerprint density at radius 1 is 0.935 bits per heavy atom. The lowest BCUT2D eigenvalue weighted by Gasteiger charge is -2.22. The maximum Gasteiger partial charge on any atom is 0.332 e. The summed E-state index contributed by atoms with van der Waals surface area (Å²) in [6, 6.07) is 0. The predicted octanol–water partition coefficient (Wildman–Crippen LogP) is 2.57. The first-order chi connectivity index (χ1) is 15.0. The Hall–Kier alpha value is -2.16. The molecule has 0 N–H and O–H groups in total. The Bertz CT molecular complexity index is 1080. The molecule has 0 aromatic carbocycles. The zero-order chi connectivity index (χ0) is 22.0. The second-order valence-corrected chi connectivity index (χ2v) is 9.67. The van der Waals surface area contributed by atoms with Crippen molar-refractivity contribution in [1.82, 2.24) is 24.0 Å². The van der Waals surface area contributed by atoms with Crippen molar-refractivity contribution in [2.24, 2.45) is 14.1 Å². The van der Waals surface area contributed by atoms with Gasteiger partial charge in [0.15, 0.2) is 5.65 Å². The Morgan fingerprint density at radius 2 is 1.58 bits per heavy atom. The second kappa shape index (κ2) is 9.54. The highest BCUT2D eigenvalue weighted by molar-refractivity contribution is 8.00. The molecule has 2 aromatic heterocycles. The van der Waals surface area contributed by atoms with Crippen LogP contribution in [0.2, 0.25) is 0 Å². The molecule has 2 aromatic rings. The molecular weight excluding hydrogens is 414 g/mol. The van der Waals surface area contributed by atoms with Crippen LogP contribution in [0.25, 0.3) is 11.0 Å². The molecule has 3 heterocycles. The van der Waals surface area contributed by atoms with Crippen molar-refractivity contribution in [1.29, 1.82) is 0 Å². The third-order valence-electron chi connectivity index (χ3n) is 6.55. The summed E-state index contributed by atoms with van der Waals surface area (Å²) in [5.41, 5.74) is -0.436. The summed E-state index contributed by atoms with van der Waals surface area (Å²) in [4.78, 5) is 49.7. The number of fused-ring (bicyclic) bond motifs is 1. The number of rotatable bonds is 4. The molecular formula is C22H31N5O3S. The molecule has 1 aliphatic carbocycles. The van der Waals surface area contributed by atoms with Gasteiger partial charge in [-0.05, 0) is 25.7 Å². The maximum absolute atomic E-state index is 13.0. The number of carbonyl (C=O) groups is 1. The lowest BCUT2D eigenvalue weighted by molar-refractivity contribution is -0.128. The van der Waals surface area contributed by atoms with E-state index in [1.54, 1.807) is 7.05 Å². The number of carbonyl (C=O) groups excluding carboxylic acids is 1. The highest BCUT2D eigenvalue weighted by Crippen LogP contribution is 2.33. The fourth-order valence-corrected chi connectivity index (χ4v) is 5.56. The number of hydrogen-bond donors (Lipinski definition) is 0. The number of nitrogens with zero attached hydrogens (tertiary/aromatic N) is 5. The maximum atomic E-state index is 13.0. The minimum Gasteiger partial charge on any atom is -0.342 e. The van der Waals surface area contributed by atoms with Crippen LogP contribution in [0.1, 0.15) is 69.5 Å². The normalized spacial score (nSPS) is 18.3. The van der Waals surface area contributed by atoms with Gasteiger partial charge in [-0.1, -0.05) is 43.9 Å². The fourth-order valence-electron chi connectivity index (χ4n) is 4.63. The molecule has 0 bridgehead atoms. The zero-order valence-corrected chi connectivity index (χ0v) is 19.2. The van der Waals surface area contributed by atoms with Crippen molar-refractivity contribution >= 4 is 28.7 Å². The molecule has 4 rings (SSSR count). The molecule has 31 heavy (non-hydrogen) atoms. The van der Waals surface area contributed by atoms with Crippen LogP contribution in [0.5, 0.6) is 0 Å². The minimum absolute atomic E-state index is 0.0829. The predicted molar refractivity (Wildman–Crippen MR) is 122 cm³/mol. The second-order valence-electron chi connectivity index (χ2n) is 8.71. The average molecular weight is 446 g/mol. The highest BCUT2D eigenvalue weighted by Gasteiger charge is 2.24. The standard InChI is InChI=1S/C22H31N5O3S/c1-25-19-17(21(29)26(2)22(25)30)20(24-18(23-19)15-10-6-5-7-11-15)31-14-16(28)27-12-8-3-4-9-13-27/h15H,3-14H2,1-2H3. The van der Waals surface area contributed by atoms with E-state index in [4.69, 9.17) is 4.98 Å². The van der Waals surface area contributed by atoms with Gasteiger partial charge in [-0.25, -0.2) is 14.8 Å². The van der Waals surface area contributed by atoms with E-state index in [0.29, 0.717) is 21.9 Å². The Kier molecular flexibility index (Phi) is 6.79. The average Bonchev–Trinajstić information content (AvgIpc) is 3.09. The highest BCUT2D eigenvalue weighted by atomic mass is 32.2. The van der Waals surface area contributed by atoms with Crippen LogP contribution in [-0.2, 0) is 18.9 Å². The van der Waals surface area contributed by atoms with Crippen molar-refractivity contribution in [3.05, 3.63) is 26.7 Å². The van der Waals surface area contributed by atoms with Crippen LogP contribution in [0, 0.1) is 0 Å². The summed E-state index contributed by atoms with van der Waals surface area (Å²) >= 11 is 1.30. The number of aromatic nitrogens is 4. The monoisotopic (exact) mass is 445 g/mol. The molecule has 2 fully saturated rings. The first-order valence-corrected chi connectivity index (χ1v) is 12.3. The Labute approximate surface area is 186 Å². The number of thioether (sulfide) groups is 1. The van der Waals surface area contributed by atoms with Crippen molar-refractivity contribution in [3.63, 3.8) is 0 Å². The molecule has 1 aliphatic heterocycles. The SMILES string of the molecule is Cn1c(=O)c2c(SCC(=O)N3CCCCCC3)nc(C3CCCCC3)nc2n(C)c1=O. The summed E-state index contributed by atoms with van der Waals surface area (Å²) in [5.74, 6) is 1.25. The largest absolute Gasteiger partial charge is 0.342 e. The van der Waals surface area contributed by atoms with Gasteiger partial charge < -0.3 is 4.90 Å². The van der Waals surface area contributed by atoms with Gasteiger partial charge in [0.1, 0.15) is 16.2 Å². The molecule has 0 spiro atoms. The molecule has 9 heteroatoms. The van der Waals surface area contributed by atoms with Crippen LogP contribution < -0.4 is 11.2 Å². The molecule has 0 unspecified atom stereocenters. The minimum atomic E-state index is -0.405. The van der Waals surface area contributed by atoms with Crippen molar-refractivity contribution < 1.29 is 4.79 Å². The Balaban J connectivity index is 1.72. The van der Waals surface area contributed by atoms with Crippen molar-refractivity contribution in [2.75, 3.05) is 18.8 Å². The van der Waals surface area contributed by atoms with Gasteiger partial charge in [0, 0.05) is 33.1 Å². The van der Waals surface area contributed by atoms with Crippen LogP contribution in [0.3, 0.4) is 0 Å². The van der Waals surface area contributed by atoms with Gasteiger partial charge in [0.25, 0.3) is 5.56 Å². The van der Waals surface area contributed by atoms with E-state index in [-0.39, 0.29) is 17.6 Å². The van der Waals surface area contributed by atoms with E-state index in [2.05, 4.69) is 4.98 Å². The molecule has 1 saturated heterocycles. The van der Waals surface area contributed by atoms with Crippen molar-refractivity contribution in [2.45, 2.75) is 68.7 Å². The molecule has 2 aliphatic rings. The van der Waals surface area contributed by atoms with Gasteiger partial charge in [-0.3, -0.25) is 18.7 Å². The van der Waals surface area contributed by atoms with Gasteiger partial charge in [0.2, 0.25) is 5.91 Å². The van der Waals surface area contributed by atoms with Gasteiger partial charge in [-0.2, -0.15) is 0 Å². The summed E-state index contributed by atoms with van der Waals surface area (Å²) in [6.45, 7) is 1.60. The quantitative estimate of drug-likeness (QED) is 0.531. The fraction of sp³-hybridized carbons (Fsp3) is 0.682. The third-order valence-corrected chi connectivity index (χ3v) is 7.51. The van der Waals surface area contributed by atoms with Crippen LogP contribution >= 0.6 is 11.8 Å².